The van der Waals surface area contributed by atoms with E-state index < -0.39 is 0 Å². The monoisotopic (exact) mass is 420 g/mol. The van der Waals surface area contributed by atoms with Crippen molar-refractivity contribution >= 4 is 39.1 Å². The van der Waals surface area contributed by atoms with Gasteiger partial charge in [-0.15, -0.1) is 23.1 Å². The fraction of sp³-hybridized carbons (Fsp3) is 0.174. The zero-order valence-corrected chi connectivity index (χ0v) is 17.8. The van der Waals surface area contributed by atoms with Crippen molar-refractivity contribution in [3.63, 3.8) is 0 Å². The van der Waals surface area contributed by atoms with Crippen molar-refractivity contribution in [2.45, 2.75) is 24.6 Å². The van der Waals surface area contributed by atoms with Crippen LogP contribution in [0.15, 0.2) is 65.3 Å². The molecular weight excluding hydrogens is 400 g/mol. The number of hydrogen-bond donors (Lipinski definition) is 0. The number of ketones is 1. The van der Waals surface area contributed by atoms with Crippen LogP contribution in [0.25, 0.3) is 21.3 Å². The van der Waals surface area contributed by atoms with Gasteiger partial charge in [0.2, 0.25) is 0 Å². The van der Waals surface area contributed by atoms with Gasteiger partial charge >= 0.3 is 0 Å². The van der Waals surface area contributed by atoms with Gasteiger partial charge in [0.15, 0.2) is 5.78 Å². The predicted octanol–water partition coefficient (Wildman–Crippen LogP) is 6.25. The lowest BCUT2D eigenvalue weighted by Crippen LogP contribution is -1.99. The number of rotatable bonds is 7. The molecule has 0 aliphatic carbocycles. The fourth-order valence-electron chi connectivity index (χ4n) is 3.14. The Bertz CT molecular complexity index is 1160. The van der Waals surface area contributed by atoms with Crippen LogP contribution in [0.2, 0.25) is 0 Å². The van der Waals surface area contributed by atoms with Crippen molar-refractivity contribution in [2.24, 2.45) is 0 Å². The molecule has 4 aromatic rings. The highest BCUT2D eigenvalue weighted by Crippen LogP contribution is 2.39. The topological polar surface area (TPSA) is 52.1 Å². The molecule has 29 heavy (non-hydrogen) atoms. The second-order valence-corrected chi connectivity index (χ2v) is 8.30. The molecule has 0 N–H and O–H groups in total. The molecule has 0 saturated carbocycles. The smallest absolute Gasteiger partial charge is 0.159 e. The molecule has 0 spiro atoms. The Morgan fingerprint density at radius 3 is 2.72 bits per heavy atom. The van der Waals surface area contributed by atoms with Crippen molar-refractivity contribution in [2.75, 3.05) is 6.61 Å². The van der Waals surface area contributed by atoms with Gasteiger partial charge in [-0.05, 0) is 37.6 Å². The molecule has 0 atom stereocenters. The van der Waals surface area contributed by atoms with E-state index in [0.29, 0.717) is 17.9 Å². The second-order valence-electron chi connectivity index (χ2n) is 6.47. The zero-order chi connectivity index (χ0) is 20.2. The summed E-state index contributed by atoms with van der Waals surface area (Å²) in [4.78, 5) is 21.8. The Kier molecular flexibility index (Phi) is 5.92. The highest BCUT2D eigenvalue weighted by molar-refractivity contribution is 7.98. The summed E-state index contributed by atoms with van der Waals surface area (Å²) in [6.45, 7) is 4.12. The fourth-order valence-corrected chi connectivity index (χ4v) is 5.11. The van der Waals surface area contributed by atoms with Crippen LogP contribution in [0.5, 0.6) is 5.75 Å². The summed E-state index contributed by atoms with van der Waals surface area (Å²) in [6.07, 6.45) is 1.62. The van der Waals surface area contributed by atoms with Gasteiger partial charge in [-0.1, -0.05) is 30.3 Å². The molecular formula is C23H20N2O2S2. The first-order chi connectivity index (χ1) is 14.2. The maximum absolute atomic E-state index is 11.8. The molecule has 2 aromatic heterocycles. The number of nitrogens with zero attached hydrogens (tertiary/aromatic N) is 2. The molecule has 146 valence electrons. The molecule has 0 radical (unpaired) electrons. The standard InChI is InChI=1S/C23H20N2O2S2/c1-3-27-20-10-9-17(15(2)26)11-18(20)12-28-22-21-19(16-7-5-4-6-8-16)13-29-23(21)25-14-24-22/h4-11,13-14H,3,12H2,1-2H3. The van der Waals surface area contributed by atoms with E-state index in [1.807, 2.05) is 43.3 Å². The van der Waals surface area contributed by atoms with Crippen molar-refractivity contribution in [3.8, 4) is 16.9 Å². The highest BCUT2D eigenvalue weighted by Gasteiger charge is 2.15. The quantitative estimate of drug-likeness (QED) is 0.201. The van der Waals surface area contributed by atoms with E-state index >= 15 is 0 Å². The van der Waals surface area contributed by atoms with Gasteiger partial charge in [0.1, 0.15) is 21.9 Å². The Balaban J connectivity index is 1.70. The van der Waals surface area contributed by atoms with Gasteiger partial charge in [-0.25, -0.2) is 9.97 Å². The van der Waals surface area contributed by atoms with E-state index in [1.54, 1.807) is 36.3 Å². The number of Topliss-reactive ketones (excluding diaryl/α,β-unsaturated/α-hetero) is 1. The first kappa shape index (κ1) is 19.6. The molecule has 0 saturated heterocycles. The number of fused-ring (bicyclic) bond motifs is 1. The van der Waals surface area contributed by atoms with Crippen LogP contribution < -0.4 is 4.74 Å². The first-order valence-corrected chi connectivity index (χ1v) is 11.2. The van der Waals surface area contributed by atoms with Gasteiger partial charge in [-0.2, -0.15) is 0 Å². The molecule has 0 amide bonds. The summed E-state index contributed by atoms with van der Waals surface area (Å²) in [5.41, 5.74) is 3.99. The molecule has 0 aliphatic heterocycles. The van der Waals surface area contributed by atoms with Crippen molar-refractivity contribution in [1.82, 2.24) is 9.97 Å². The lowest BCUT2D eigenvalue weighted by molar-refractivity contribution is 0.101. The molecule has 4 nitrogen and oxygen atoms in total. The van der Waals surface area contributed by atoms with Crippen LogP contribution in [0, 0.1) is 0 Å². The van der Waals surface area contributed by atoms with Gasteiger partial charge in [-0.3, -0.25) is 4.79 Å². The maximum Gasteiger partial charge on any atom is 0.159 e. The molecule has 2 heterocycles. The number of aromatic nitrogens is 2. The van der Waals surface area contributed by atoms with Gasteiger partial charge in [0.05, 0.1) is 12.0 Å². The SMILES string of the molecule is CCOc1ccc(C(C)=O)cc1CSc1ncnc2scc(-c3ccccc3)c12. The van der Waals surface area contributed by atoms with Crippen LogP contribution in [0.4, 0.5) is 0 Å². The van der Waals surface area contributed by atoms with Crippen LogP contribution in [0.1, 0.15) is 29.8 Å². The minimum absolute atomic E-state index is 0.0490. The van der Waals surface area contributed by atoms with E-state index in [0.717, 1.165) is 37.7 Å². The van der Waals surface area contributed by atoms with Crippen molar-refractivity contribution in [3.05, 3.63) is 71.4 Å². The Labute approximate surface area is 178 Å². The third-order valence-corrected chi connectivity index (χ3v) is 6.48. The zero-order valence-electron chi connectivity index (χ0n) is 16.2. The van der Waals surface area contributed by atoms with Crippen LogP contribution in [-0.4, -0.2) is 22.4 Å². The number of carbonyl (C=O) groups excluding carboxylic acids is 1. The third-order valence-electron chi connectivity index (χ3n) is 4.55. The molecule has 2 aromatic carbocycles. The minimum Gasteiger partial charge on any atom is -0.494 e. The van der Waals surface area contributed by atoms with Crippen molar-refractivity contribution in [1.29, 1.82) is 0 Å². The molecule has 0 fully saturated rings. The number of thioether (sulfide) groups is 1. The molecule has 0 aliphatic rings. The Hall–Kier alpha value is -2.70. The van der Waals surface area contributed by atoms with E-state index in [4.69, 9.17) is 4.74 Å². The van der Waals surface area contributed by atoms with E-state index in [1.165, 1.54) is 0 Å². The van der Waals surface area contributed by atoms with Crippen LogP contribution in [-0.2, 0) is 5.75 Å². The lowest BCUT2D eigenvalue weighted by atomic mass is 10.1. The van der Waals surface area contributed by atoms with E-state index in [2.05, 4.69) is 27.5 Å². The van der Waals surface area contributed by atoms with Gasteiger partial charge in [0.25, 0.3) is 0 Å². The first-order valence-electron chi connectivity index (χ1n) is 9.34. The normalized spacial score (nSPS) is 11.0. The van der Waals surface area contributed by atoms with Crippen LogP contribution in [0.3, 0.4) is 0 Å². The number of carbonyl (C=O) groups is 1. The maximum atomic E-state index is 11.8. The van der Waals surface area contributed by atoms with Gasteiger partial charge < -0.3 is 4.74 Å². The third kappa shape index (κ3) is 4.18. The number of hydrogen-bond acceptors (Lipinski definition) is 6. The van der Waals surface area contributed by atoms with Crippen LogP contribution >= 0.6 is 23.1 Å². The average Bonchev–Trinajstić information content (AvgIpc) is 3.18. The molecule has 4 rings (SSSR count). The second kappa shape index (κ2) is 8.76. The van der Waals surface area contributed by atoms with Gasteiger partial charge in [0, 0.05) is 27.8 Å². The Morgan fingerprint density at radius 2 is 1.97 bits per heavy atom. The van der Waals surface area contributed by atoms with E-state index in [-0.39, 0.29) is 5.78 Å². The summed E-state index contributed by atoms with van der Waals surface area (Å²) in [5, 5.41) is 4.15. The summed E-state index contributed by atoms with van der Waals surface area (Å²) < 4.78 is 5.77. The number of ether oxygens (including phenoxy) is 1. The highest BCUT2D eigenvalue weighted by atomic mass is 32.2. The van der Waals surface area contributed by atoms with E-state index in [9.17, 15) is 4.79 Å². The largest absolute Gasteiger partial charge is 0.494 e. The molecule has 6 heteroatoms. The lowest BCUT2D eigenvalue weighted by Gasteiger charge is -2.12. The molecule has 0 bridgehead atoms. The minimum atomic E-state index is 0.0490. The summed E-state index contributed by atoms with van der Waals surface area (Å²) in [5.74, 6) is 1.52. The number of thiophene rings is 1. The summed E-state index contributed by atoms with van der Waals surface area (Å²) >= 11 is 3.27. The summed E-state index contributed by atoms with van der Waals surface area (Å²) in [7, 11) is 0. The predicted molar refractivity (Wildman–Crippen MR) is 120 cm³/mol. The summed E-state index contributed by atoms with van der Waals surface area (Å²) in [6, 6.07) is 15.9. The average molecular weight is 421 g/mol. The number of benzene rings is 2. The Morgan fingerprint density at radius 1 is 1.14 bits per heavy atom. The van der Waals surface area contributed by atoms with Crippen molar-refractivity contribution < 1.29 is 9.53 Å². The molecule has 0 unspecified atom stereocenters.